The summed E-state index contributed by atoms with van der Waals surface area (Å²) < 4.78 is 2.37. The fourth-order valence-corrected chi connectivity index (χ4v) is 10.7. The van der Waals surface area contributed by atoms with E-state index in [1.165, 1.54) is 0 Å². The van der Waals surface area contributed by atoms with Crippen LogP contribution in [0.25, 0.3) is 83.6 Å². The van der Waals surface area contributed by atoms with Gasteiger partial charge in [-0.3, -0.25) is 0 Å². The molecule has 11 aromatic carbocycles. The predicted molar refractivity (Wildman–Crippen MR) is 322 cm³/mol. The van der Waals surface area contributed by atoms with Gasteiger partial charge < -0.3 is 14.4 Å². The lowest BCUT2D eigenvalue weighted by Crippen LogP contribution is -2.09. The van der Waals surface area contributed by atoms with Gasteiger partial charge in [-0.2, -0.15) is 10.5 Å². The van der Waals surface area contributed by atoms with E-state index in [1.807, 2.05) is 78.9 Å². The van der Waals surface area contributed by atoms with Crippen LogP contribution in [-0.4, -0.2) is 14.5 Å². The molecule has 79 heavy (non-hydrogen) atoms. The number of rotatable bonds is 12. The summed E-state index contributed by atoms with van der Waals surface area (Å²) in [6.07, 6.45) is 0. The fraction of sp³-hybridized carbons (Fsp3) is 0. The van der Waals surface area contributed by atoms with Crippen molar-refractivity contribution in [3.63, 3.8) is 0 Å². The molecule has 0 spiro atoms. The van der Waals surface area contributed by atoms with Gasteiger partial charge in [-0.15, -0.1) is 0 Å². The number of nitrogens with zero attached hydrogens (tertiary/aromatic N) is 7. The number of para-hydroxylation sites is 4. The highest BCUT2D eigenvalue weighted by atomic mass is 15.1. The van der Waals surface area contributed by atoms with Crippen molar-refractivity contribution in [2.75, 3.05) is 9.80 Å². The van der Waals surface area contributed by atoms with E-state index in [1.54, 1.807) is 0 Å². The molecule has 370 valence electrons. The van der Waals surface area contributed by atoms with Crippen molar-refractivity contribution in [3.05, 3.63) is 296 Å². The summed E-state index contributed by atoms with van der Waals surface area (Å²) in [4.78, 5) is 14.5. The summed E-state index contributed by atoms with van der Waals surface area (Å²) in [6.45, 7) is 0. The molecular formula is C72H47N7. The molecule has 0 fully saturated rings. The number of hydrogen-bond acceptors (Lipinski definition) is 6. The van der Waals surface area contributed by atoms with E-state index in [2.05, 4.69) is 233 Å². The first kappa shape index (κ1) is 47.6. The normalized spacial score (nSPS) is 11.0. The van der Waals surface area contributed by atoms with Crippen molar-refractivity contribution < 1.29 is 0 Å². The minimum Gasteiger partial charge on any atom is -0.310 e. The maximum atomic E-state index is 10.7. The van der Waals surface area contributed by atoms with Crippen molar-refractivity contribution in [2.24, 2.45) is 0 Å². The van der Waals surface area contributed by atoms with Crippen LogP contribution >= 0.6 is 0 Å². The SMILES string of the molecule is N#Cc1cc(-c2ccc(-c3ccc(-n4c5ccc(N(c6ccccc6)c6ccccc6)cc5c5cc(N(c6ccccc6)c6ccccc6)ccc54)cc3)cc2)cc(C#N)c1-c1cc(-c2ccccc2)nc(-c2ccccc2)n1. The molecule has 0 aliphatic carbocycles. The van der Waals surface area contributed by atoms with Crippen LogP contribution in [-0.2, 0) is 0 Å². The van der Waals surface area contributed by atoms with Gasteiger partial charge in [0.2, 0.25) is 0 Å². The van der Waals surface area contributed by atoms with Gasteiger partial charge in [0.25, 0.3) is 0 Å². The fourth-order valence-electron chi connectivity index (χ4n) is 10.7. The van der Waals surface area contributed by atoms with Crippen LogP contribution in [0.15, 0.2) is 285 Å². The third-order valence-electron chi connectivity index (χ3n) is 14.4. The van der Waals surface area contributed by atoms with Crippen molar-refractivity contribution in [3.8, 4) is 74.0 Å². The van der Waals surface area contributed by atoms with Crippen LogP contribution < -0.4 is 9.80 Å². The molecule has 7 nitrogen and oxygen atoms in total. The predicted octanol–water partition coefficient (Wildman–Crippen LogP) is 18.6. The van der Waals surface area contributed by atoms with Gasteiger partial charge in [-0.1, -0.05) is 170 Å². The van der Waals surface area contributed by atoms with Crippen LogP contribution in [0, 0.1) is 22.7 Å². The van der Waals surface area contributed by atoms with Gasteiger partial charge in [0.1, 0.15) is 0 Å². The van der Waals surface area contributed by atoms with Crippen molar-refractivity contribution in [2.45, 2.75) is 0 Å². The van der Waals surface area contributed by atoms with Crippen molar-refractivity contribution >= 4 is 55.9 Å². The van der Waals surface area contributed by atoms with Gasteiger partial charge in [-0.05, 0) is 138 Å². The molecule has 0 saturated heterocycles. The van der Waals surface area contributed by atoms with Crippen molar-refractivity contribution in [1.82, 2.24) is 14.5 Å². The largest absolute Gasteiger partial charge is 0.310 e. The van der Waals surface area contributed by atoms with Crippen LogP contribution in [0.4, 0.5) is 34.1 Å². The molecule has 0 amide bonds. The summed E-state index contributed by atoms with van der Waals surface area (Å²) in [5.41, 5.74) is 17.5. The Morgan fingerprint density at radius 3 is 1.09 bits per heavy atom. The summed E-state index contributed by atoms with van der Waals surface area (Å²) in [6, 6.07) is 103. The topological polar surface area (TPSA) is 84.8 Å². The Balaban J connectivity index is 0.872. The molecule has 7 heteroatoms. The van der Waals surface area contributed by atoms with Crippen molar-refractivity contribution in [1.29, 1.82) is 10.5 Å². The molecule has 13 aromatic rings. The number of fused-ring (bicyclic) bond motifs is 3. The van der Waals surface area contributed by atoms with Gasteiger partial charge in [0.15, 0.2) is 5.82 Å². The first-order valence-corrected chi connectivity index (χ1v) is 26.2. The molecule has 0 N–H and O–H groups in total. The van der Waals surface area contributed by atoms with Gasteiger partial charge in [0.05, 0.1) is 45.7 Å². The summed E-state index contributed by atoms with van der Waals surface area (Å²) in [7, 11) is 0. The van der Waals surface area contributed by atoms with Crippen LogP contribution in [0.2, 0.25) is 0 Å². The lowest BCUT2D eigenvalue weighted by molar-refractivity contribution is 1.18. The molecule has 0 aliphatic heterocycles. The Labute approximate surface area is 458 Å². The third-order valence-corrected chi connectivity index (χ3v) is 14.4. The minimum atomic E-state index is 0.359. The summed E-state index contributed by atoms with van der Waals surface area (Å²) in [5.74, 6) is 0.514. The maximum absolute atomic E-state index is 10.7. The van der Waals surface area contributed by atoms with E-state index >= 15 is 0 Å². The van der Waals surface area contributed by atoms with E-state index in [0.29, 0.717) is 33.9 Å². The second-order valence-electron chi connectivity index (χ2n) is 19.2. The smallest absolute Gasteiger partial charge is 0.160 e. The average molecular weight is 1010 g/mol. The minimum absolute atomic E-state index is 0.359. The lowest BCUT2D eigenvalue weighted by Gasteiger charge is -2.26. The summed E-state index contributed by atoms with van der Waals surface area (Å²) >= 11 is 0. The Morgan fingerprint density at radius 2 is 0.671 bits per heavy atom. The Morgan fingerprint density at radius 1 is 0.304 bits per heavy atom. The Bertz CT molecular complexity index is 4090. The van der Waals surface area contributed by atoms with E-state index in [9.17, 15) is 10.5 Å². The zero-order valence-electron chi connectivity index (χ0n) is 42.8. The maximum Gasteiger partial charge on any atom is 0.160 e. The molecule has 13 rings (SSSR count). The number of aromatic nitrogens is 3. The summed E-state index contributed by atoms with van der Waals surface area (Å²) in [5, 5.41) is 23.6. The quantitative estimate of drug-likeness (QED) is 0.121. The molecule has 0 aliphatic rings. The number of nitriles is 2. The standard InChI is InChI=1S/C72H47N7/c73-48-56-43-55(44-57(49-74)71(56)68-47-67(53-19-7-1-8-20-53)75-72(76-68)54-21-9-2-10-22-54)52-33-31-50(32-34-52)51-35-37-62(38-36-51)79-69-41-39-63(77(58-23-11-3-12-24-58)59-25-13-4-14-26-59)45-65(69)66-46-64(40-42-70(66)79)78(60-27-15-5-16-28-60)61-29-17-6-18-30-61/h1-47H. The highest BCUT2D eigenvalue weighted by Crippen LogP contribution is 2.43. The van der Waals surface area contributed by atoms with Crippen LogP contribution in [0.3, 0.4) is 0 Å². The monoisotopic (exact) mass is 1010 g/mol. The van der Waals surface area contributed by atoms with E-state index in [0.717, 1.165) is 95.0 Å². The van der Waals surface area contributed by atoms with Crippen LogP contribution in [0.1, 0.15) is 11.1 Å². The van der Waals surface area contributed by atoms with Gasteiger partial charge in [-0.25, -0.2) is 9.97 Å². The second-order valence-corrected chi connectivity index (χ2v) is 19.2. The number of benzene rings is 11. The van der Waals surface area contributed by atoms with E-state index < -0.39 is 0 Å². The van der Waals surface area contributed by atoms with Crippen LogP contribution in [0.5, 0.6) is 0 Å². The highest BCUT2D eigenvalue weighted by molar-refractivity contribution is 6.12. The molecule has 0 unspecified atom stereocenters. The highest BCUT2D eigenvalue weighted by Gasteiger charge is 2.22. The zero-order chi connectivity index (χ0) is 53.1. The van der Waals surface area contributed by atoms with Gasteiger partial charge in [0, 0.05) is 67.3 Å². The molecule has 2 aromatic heterocycles. The molecule has 0 saturated carbocycles. The Kier molecular flexibility index (Phi) is 12.6. The van der Waals surface area contributed by atoms with Gasteiger partial charge >= 0.3 is 0 Å². The molecule has 0 atom stereocenters. The molecule has 0 radical (unpaired) electrons. The first-order valence-electron chi connectivity index (χ1n) is 26.2. The molecule has 2 heterocycles. The second kappa shape index (κ2) is 20.9. The average Bonchev–Trinajstić information content (AvgIpc) is 3.93. The molecular weight excluding hydrogens is 963 g/mol. The van der Waals surface area contributed by atoms with E-state index in [4.69, 9.17) is 9.97 Å². The van der Waals surface area contributed by atoms with E-state index in [-0.39, 0.29) is 0 Å². The number of hydrogen-bond donors (Lipinski definition) is 0. The number of anilines is 6. The lowest BCUT2D eigenvalue weighted by atomic mass is 9.92. The zero-order valence-corrected chi connectivity index (χ0v) is 42.8. The third kappa shape index (κ3) is 9.21. The molecule has 0 bridgehead atoms. The first-order chi connectivity index (χ1) is 39.1. The Hall–Kier alpha value is -11.1.